The highest BCUT2D eigenvalue weighted by atomic mass is 79.9. The molecule has 0 saturated carbocycles. The Hall–Kier alpha value is -1.64. The first-order valence-electron chi connectivity index (χ1n) is 9.09. The van der Waals surface area contributed by atoms with Gasteiger partial charge in [0.15, 0.2) is 6.10 Å². The van der Waals surface area contributed by atoms with Crippen molar-refractivity contribution in [2.75, 3.05) is 5.32 Å². The number of rotatable bonds is 5. The Morgan fingerprint density at radius 1 is 1.13 bits per heavy atom. The number of para-hydroxylation sites is 1. The zero-order valence-corrected chi connectivity index (χ0v) is 21.5. The van der Waals surface area contributed by atoms with Crippen LogP contribution in [-0.4, -0.2) is 17.0 Å². The van der Waals surface area contributed by atoms with E-state index in [-0.39, 0.29) is 5.91 Å². The van der Waals surface area contributed by atoms with E-state index < -0.39 is 6.10 Å². The maximum absolute atomic E-state index is 12.9. The van der Waals surface area contributed by atoms with Crippen molar-refractivity contribution < 1.29 is 9.53 Å². The van der Waals surface area contributed by atoms with Crippen molar-refractivity contribution in [1.29, 1.82) is 0 Å². The molecule has 9 heteroatoms. The smallest absolute Gasteiger partial charge is 0.265 e. The lowest BCUT2D eigenvalue weighted by Gasteiger charge is -2.18. The highest BCUT2D eigenvalue weighted by Crippen LogP contribution is 2.40. The number of hydrogen-bond acceptors (Lipinski definition) is 4. The first-order chi connectivity index (χ1) is 14.8. The zero-order valence-electron chi connectivity index (χ0n) is 16.0. The molecule has 3 aromatic carbocycles. The average molecular weight is 601 g/mol. The van der Waals surface area contributed by atoms with Crippen LogP contribution in [0.1, 0.15) is 6.92 Å². The largest absolute Gasteiger partial charge is 0.479 e. The number of fused-ring (bicyclic) bond motifs is 1. The summed E-state index contributed by atoms with van der Waals surface area (Å²) < 4.78 is 8.41. The molecule has 1 heterocycles. The second-order valence-electron chi connectivity index (χ2n) is 6.62. The van der Waals surface area contributed by atoms with E-state index in [1.807, 2.05) is 36.4 Å². The second kappa shape index (κ2) is 9.46. The summed E-state index contributed by atoms with van der Waals surface area (Å²) in [6.45, 7) is 1.66. The summed E-state index contributed by atoms with van der Waals surface area (Å²) >= 11 is 20.7. The van der Waals surface area contributed by atoms with Crippen LogP contribution in [0, 0.1) is 0 Å². The molecule has 1 amide bonds. The summed E-state index contributed by atoms with van der Waals surface area (Å²) in [5, 5.41) is 4.60. The molecule has 0 unspecified atom stereocenters. The van der Waals surface area contributed by atoms with Gasteiger partial charge < -0.3 is 10.1 Å². The molecule has 0 aliphatic carbocycles. The molecule has 158 valence electrons. The predicted molar refractivity (Wildman–Crippen MR) is 136 cm³/mol. The molecule has 4 aromatic rings. The molecule has 0 saturated heterocycles. The third-order valence-corrected chi connectivity index (χ3v) is 7.08. The molecular formula is C22H14Br2Cl2N2O2S. The summed E-state index contributed by atoms with van der Waals surface area (Å²) in [7, 11) is 0. The molecule has 0 bridgehead atoms. The van der Waals surface area contributed by atoms with E-state index in [4.69, 9.17) is 32.9 Å². The van der Waals surface area contributed by atoms with Crippen LogP contribution in [0.15, 0.2) is 63.5 Å². The highest BCUT2D eigenvalue weighted by molar-refractivity contribution is 9.11. The van der Waals surface area contributed by atoms with Crippen molar-refractivity contribution in [1.82, 2.24) is 4.98 Å². The molecule has 1 atom stereocenters. The van der Waals surface area contributed by atoms with E-state index in [1.54, 1.807) is 36.5 Å². The zero-order chi connectivity index (χ0) is 22.1. The summed E-state index contributed by atoms with van der Waals surface area (Å²) in [5.74, 6) is 0.0615. The number of halogens is 4. The van der Waals surface area contributed by atoms with E-state index in [9.17, 15) is 4.79 Å². The van der Waals surface area contributed by atoms with Crippen molar-refractivity contribution in [2.45, 2.75) is 13.0 Å². The fourth-order valence-electron chi connectivity index (χ4n) is 2.90. The lowest BCUT2D eigenvalue weighted by atomic mass is 10.1. The predicted octanol–water partition coefficient (Wildman–Crippen LogP) is 8.20. The van der Waals surface area contributed by atoms with Gasteiger partial charge in [-0.15, -0.1) is 11.3 Å². The number of nitrogens with one attached hydrogen (secondary N) is 1. The number of anilines is 1. The summed E-state index contributed by atoms with van der Waals surface area (Å²) in [5.41, 5.74) is 2.32. The molecule has 0 radical (unpaired) electrons. The topological polar surface area (TPSA) is 51.2 Å². The Labute approximate surface area is 209 Å². The molecule has 4 nitrogen and oxygen atoms in total. The molecule has 1 N–H and O–H groups in total. The van der Waals surface area contributed by atoms with Gasteiger partial charge in [-0.1, -0.05) is 51.3 Å². The maximum atomic E-state index is 12.9. The lowest BCUT2D eigenvalue weighted by Crippen LogP contribution is -2.30. The Morgan fingerprint density at radius 3 is 2.65 bits per heavy atom. The third kappa shape index (κ3) is 5.07. The molecule has 0 aliphatic rings. The molecule has 1 aromatic heterocycles. The fourth-order valence-corrected chi connectivity index (χ4v) is 5.66. The molecular weight excluding hydrogens is 587 g/mol. The molecule has 0 fully saturated rings. The van der Waals surface area contributed by atoms with Crippen LogP contribution in [0.5, 0.6) is 5.75 Å². The number of carbonyl (C=O) groups is 1. The van der Waals surface area contributed by atoms with Crippen LogP contribution in [0.25, 0.3) is 20.8 Å². The van der Waals surface area contributed by atoms with Crippen molar-refractivity contribution in [2.24, 2.45) is 0 Å². The third-order valence-electron chi connectivity index (χ3n) is 4.39. The summed E-state index contributed by atoms with van der Waals surface area (Å²) in [6.07, 6.45) is -0.794. The van der Waals surface area contributed by atoms with Gasteiger partial charge in [-0.25, -0.2) is 4.98 Å². The van der Waals surface area contributed by atoms with Crippen LogP contribution in [0.3, 0.4) is 0 Å². The van der Waals surface area contributed by atoms with Crippen molar-refractivity contribution in [3.8, 4) is 16.3 Å². The van der Waals surface area contributed by atoms with Gasteiger partial charge in [-0.05, 0) is 65.3 Å². The van der Waals surface area contributed by atoms with E-state index in [2.05, 4.69) is 37.2 Å². The minimum absolute atomic E-state index is 0.323. The van der Waals surface area contributed by atoms with Crippen LogP contribution in [0.4, 0.5) is 5.69 Å². The minimum Gasteiger partial charge on any atom is -0.479 e. The number of carbonyl (C=O) groups excluding carboxylic acids is 1. The Kier molecular flexibility index (Phi) is 6.89. The Balaban J connectivity index is 1.63. The van der Waals surface area contributed by atoms with Crippen LogP contribution in [-0.2, 0) is 4.79 Å². The van der Waals surface area contributed by atoms with Gasteiger partial charge in [-0.3, -0.25) is 4.79 Å². The van der Waals surface area contributed by atoms with Gasteiger partial charge in [-0.2, -0.15) is 0 Å². The monoisotopic (exact) mass is 598 g/mol. The van der Waals surface area contributed by atoms with Crippen LogP contribution in [0.2, 0.25) is 10.0 Å². The lowest BCUT2D eigenvalue weighted by molar-refractivity contribution is -0.122. The second-order valence-corrected chi connectivity index (χ2v) is 10.3. The Morgan fingerprint density at radius 2 is 1.90 bits per heavy atom. The van der Waals surface area contributed by atoms with E-state index in [1.165, 1.54) is 0 Å². The standard InChI is InChI=1S/C22H14Br2Cl2N2O2S/c1-11(30-18-7-6-13(25)10-16(18)26)21(29)28-20-14(8-12(23)9-15(20)24)22-27-17-4-2-3-5-19(17)31-22/h2-11H,1H3,(H,28,29)/t11-/m0/s1. The Bertz CT molecular complexity index is 1260. The highest BCUT2D eigenvalue weighted by Gasteiger charge is 2.21. The normalized spacial score (nSPS) is 12.0. The molecule has 4 rings (SSSR count). The van der Waals surface area contributed by atoms with Crippen LogP contribution >= 0.6 is 66.4 Å². The average Bonchev–Trinajstić information content (AvgIpc) is 3.15. The number of thiazole rings is 1. The molecule has 0 aliphatic heterocycles. The molecule has 31 heavy (non-hydrogen) atoms. The number of amides is 1. The van der Waals surface area contributed by atoms with Crippen molar-refractivity contribution in [3.63, 3.8) is 0 Å². The molecule has 0 spiro atoms. The van der Waals surface area contributed by atoms with E-state index in [0.29, 0.717) is 21.5 Å². The van der Waals surface area contributed by atoms with Gasteiger partial charge in [0.1, 0.15) is 10.8 Å². The van der Waals surface area contributed by atoms with E-state index in [0.717, 1.165) is 29.7 Å². The number of ether oxygens (including phenoxy) is 1. The van der Waals surface area contributed by atoms with Gasteiger partial charge in [0.2, 0.25) is 0 Å². The quantitative estimate of drug-likeness (QED) is 0.251. The SMILES string of the molecule is C[C@H](Oc1ccc(Cl)cc1Cl)C(=O)Nc1c(Br)cc(Br)cc1-c1nc2ccccc2s1. The van der Waals surface area contributed by atoms with Gasteiger partial charge in [0.25, 0.3) is 5.91 Å². The van der Waals surface area contributed by atoms with Gasteiger partial charge in [0, 0.05) is 19.5 Å². The van der Waals surface area contributed by atoms with Gasteiger partial charge >= 0.3 is 0 Å². The minimum atomic E-state index is -0.794. The van der Waals surface area contributed by atoms with Crippen molar-refractivity contribution >= 4 is 88.2 Å². The van der Waals surface area contributed by atoms with Gasteiger partial charge in [0.05, 0.1) is 20.9 Å². The number of hydrogen-bond donors (Lipinski definition) is 1. The summed E-state index contributed by atoms with van der Waals surface area (Å²) in [4.78, 5) is 17.7. The number of nitrogens with zero attached hydrogens (tertiary/aromatic N) is 1. The van der Waals surface area contributed by atoms with Crippen molar-refractivity contribution in [3.05, 3.63) is 73.6 Å². The summed E-state index contributed by atoms with van der Waals surface area (Å²) in [6, 6.07) is 16.6. The number of benzene rings is 3. The number of aromatic nitrogens is 1. The maximum Gasteiger partial charge on any atom is 0.265 e. The first kappa shape index (κ1) is 22.6. The van der Waals surface area contributed by atoms with Crippen LogP contribution < -0.4 is 10.1 Å². The van der Waals surface area contributed by atoms with E-state index >= 15 is 0 Å². The first-order valence-corrected chi connectivity index (χ1v) is 12.2. The fraction of sp³-hybridized carbons (Fsp3) is 0.0909.